The Morgan fingerprint density at radius 1 is 1.33 bits per heavy atom. The third kappa shape index (κ3) is 3.20. The number of amides is 2. The monoisotopic (exact) mass is 296 g/mol. The fourth-order valence-electron chi connectivity index (χ4n) is 2.47. The van der Waals surface area contributed by atoms with Crippen molar-refractivity contribution >= 4 is 11.8 Å². The van der Waals surface area contributed by atoms with Crippen LogP contribution in [0.25, 0.3) is 0 Å². The van der Waals surface area contributed by atoms with Gasteiger partial charge in [-0.1, -0.05) is 0 Å². The average Bonchev–Trinajstić information content (AvgIpc) is 2.43. The van der Waals surface area contributed by atoms with Crippen LogP contribution in [0.1, 0.15) is 32.8 Å². The second kappa shape index (κ2) is 5.42. The van der Waals surface area contributed by atoms with E-state index in [0.29, 0.717) is 0 Å². The second-order valence-electron chi connectivity index (χ2n) is 5.90. The summed E-state index contributed by atoms with van der Waals surface area (Å²) in [5.74, 6) is -1.68. The van der Waals surface area contributed by atoms with Crippen molar-refractivity contribution in [2.45, 2.75) is 45.3 Å². The van der Waals surface area contributed by atoms with E-state index in [1.807, 2.05) is 0 Å². The Morgan fingerprint density at radius 2 is 2.00 bits per heavy atom. The minimum Gasteiger partial charge on any atom is -0.342 e. The molecule has 0 bridgehead atoms. The van der Waals surface area contributed by atoms with E-state index in [1.165, 1.54) is 4.90 Å². The van der Waals surface area contributed by atoms with Crippen molar-refractivity contribution in [1.29, 1.82) is 0 Å². The van der Waals surface area contributed by atoms with Gasteiger partial charge in [-0.2, -0.15) is 0 Å². The molecule has 1 aliphatic rings. The number of benzene rings is 1. The number of halogens is 2. The number of carbonyl (C=O) groups excluding carboxylic acids is 2. The van der Waals surface area contributed by atoms with Crippen molar-refractivity contribution in [1.82, 2.24) is 10.2 Å². The van der Waals surface area contributed by atoms with Crippen LogP contribution in [0.5, 0.6) is 0 Å². The molecule has 1 heterocycles. The zero-order valence-electron chi connectivity index (χ0n) is 12.2. The maximum Gasteiger partial charge on any atom is 0.248 e. The van der Waals surface area contributed by atoms with Gasteiger partial charge in [0.05, 0.1) is 0 Å². The molecule has 0 radical (unpaired) electrons. The van der Waals surface area contributed by atoms with Crippen molar-refractivity contribution < 1.29 is 18.4 Å². The van der Waals surface area contributed by atoms with Crippen molar-refractivity contribution in [2.75, 3.05) is 0 Å². The van der Waals surface area contributed by atoms with E-state index >= 15 is 0 Å². The standard InChI is InChI=1S/C15H18F2N2O2/c1-9-6-13(20)18-15(2,3)14(21)19(9)8-10-7-11(16)4-5-12(10)17/h4-5,7,9H,6,8H2,1-3H3,(H,18,20). The highest BCUT2D eigenvalue weighted by Gasteiger charge is 2.39. The molecule has 114 valence electrons. The fourth-order valence-corrected chi connectivity index (χ4v) is 2.47. The summed E-state index contributed by atoms with van der Waals surface area (Å²) in [6.07, 6.45) is 0.131. The maximum absolute atomic E-state index is 13.8. The van der Waals surface area contributed by atoms with Crippen LogP contribution in [0.3, 0.4) is 0 Å². The highest BCUT2D eigenvalue weighted by molar-refractivity contribution is 5.93. The Hall–Kier alpha value is -1.98. The van der Waals surface area contributed by atoms with Crippen LogP contribution >= 0.6 is 0 Å². The average molecular weight is 296 g/mol. The van der Waals surface area contributed by atoms with Crippen molar-refractivity contribution in [3.8, 4) is 0 Å². The third-order valence-electron chi connectivity index (χ3n) is 3.61. The number of rotatable bonds is 2. The van der Waals surface area contributed by atoms with Gasteiger partial charge < -0.3 is 10.2 Å². The Balaban J connectivity index is 2.33. The minimum absolute atomic E-state index is 0.0675. The molecule has 2 amide bonds. The summed E-state index contributed by atoms with van der Waals surface area (Å²) in [5, 5.41) is 2.64. The summed E-state index contributed by atoms with van der Waals surface area (Å²) >= 11 is 0. The molecule has 1 atom stereocenters. The molecule has 1 aromatic rings. The van der Waals surface area contributed by atoms with E-state index in [4.69, 9.17) is 0 Å². The molecule has 21 heavy (non-hydrogen) atoms. The molecule has 4 nitrogen and oxygen atoms in total. The Bertz CT molecular complexity index is 587. The molecule has 0 aromatic heterocycles. The first-order valence-electron chi connectivity index (χ1n) is 6.76. The molecular weight excluding hydrogens is 278 g/mol. The molecule has 2 rings (SSSR count). The van der Waals surface area contributed by atoms with E-state index in [1.54, 1.807) is 20.8 Å². The van der Waals surface area contributed by atoms with Crippen molar-refractivity contribution in [3.05, 3.63) is 35.4 Å². The zero-order chi connectivity index (χ0) is 15.8. The van der Waals surface area contributed by atoms with Gasteiger partial charge in [-0.25, -0.2) is 8.78 Å². The molecule has 1 unspecified atom stereocenters. The molecule has 1 N–H and O–H groups in total. The molecule has 1 saturated heterocycles. The van der Waals surface area contributed by atoms with Crippen LogP contribution < -0.4 is 5.32 Å². The van der Waals surface area contributed by atoms with Gasteiger partial charge in [0.15, 0.2) is 0 Å². The summed E-state index contributed by atoms with van der Waals surface area (Å²) in [5.41, 5.74) is -0.966. The summed E-state index contributed by atoms with van der Waals surface area (Å²) in [4.78, 5) is 25.7. The van der Waals surface area contributed by atoms with E-state index in [-0.39, 0.29) is 36.4 Å². The molecule has 0 saturated carbocycles. The fraction of sp³-hybridized carbons (Fsp3) is 0.467. The minimum atomic E-state index is -1.06. The lowest BCUT2D eigenvalue weighted by Gasteiger charge is -2.32. The van der Waals surface area contributed by atoms with E-state index in [0.717, 1.165) is 18.2 Å². The summed E-state index contributed by atoms with van der Waals surface area (Å²) in [6.45, 7) is 4.85. The molecule has 1 fully saturated rings. The quantitative estimate of drug-likeness (QED) is 0.907. The SMILES string of the molecule is CC1CC(=O)NC(C)(C)C(=O)N1Cc1cc(F)ccc1F. The second-order valence-corrected chi connectivity index (χ2v) is 5.90. The van der Waals surface area contributed by atoms with Gasteiger partial charge >= 0.3 is 0 Å². The van der Waals surface area contributed by atoms with E-state index in [2.05, 4.69) is 5.32 Å². The molecule has 6 heteroatoms. The largest absolute Gasteiger partial charge is 0.342 e. The number of nitrogens with zero attached hydrogens (tertiary/aromatic N) is 1. The molecule has 1 aromatic carbocycles. The van der Waals surface area contributed by atoms with Gasteiger partial charge in [-0.15, -0.1) is 0 Å². The van der Waals surface area contributed by atoms with Crippen LogP contribution in [0, 0.1) is 11.6 Å². The highest BCUT2D eigenvalue weighted by Crippen LogP contribution is 2.22. The molecule has 0 spiro atoms. The normalized spacial score (nSPS) is 22.0. The van der Waals surface area contributed by atoms with Crippen molar-refractivity contribution in [2.24, 2.45) is 0 Å². The Morgan fingerprint density at radius 3 is 2.67 bits per heavy atom. The predicted molar refractivity (Wildman–Crippen MR) is 73.2 cm³/mol. The van der Waals surface area contributed by atoms with Gasteiger partial charge in [0.2, 0.25) is 11.8 Å². The lowest BCUT2D eigenvalue weighted by molar-refractivity contribution is -0.139. The van der Waals surface area contributed by atoms with Crippen LogP contribution in [0.2, 0.25) is 0 Å². The van der Waals surface area contributed by atoms with Crippen molar-refractivity contribution in [3.63, 3.8) is 0 Å². The first-order valence-corrected chi connectivity index (χ1v) is 6.76. The first-order chi connectivity index (χ1) is 9.70. The Labute approximate surface area is 122 Å². The zero-order valence-corrected chi connectivity index (χ0v) is 12.2. The molecule has 0 aliphatic carbocycles. The molecule has 1 aliphatic heterocycles. The number of hydrogen-bond acceptors (Lipinski definition) is 2. The number of hydrogen-bond donors (Lipinski definition) is 1. The van der Waals surface area contributed by atoms with E-state index in [9.17, 15) is 18.4 Å². The Kier molecular flexibility index (Phi) is 3.98. The summed E-state index contributed by atoms with van der Waals surface area (Å²) in [7, 11) is 0. The van der Waals surface area contributed by atoms with Gasteiger partial charge in [0.1, 0.15) is 17.2 Å². The van der Waals surface area contributed by atoms with Gasteiger partial charge in [0, 0.05) is 24.6 Å². The lowest BCUT2D eigenvalue weighted by Crippen LogP contribution is -2.53. The first kappa shape index (κ1) is 15.4. The highest BCUT2D eigenvalue weighted by atomic mass is 19.1. The number of carbonyl (C=O) groups is 2. The van der Waals surface area contributed by atoms with E-state index < -0.39 is 17.2 Å². The topological polar surface area (TPSA) is 49.4 Å². The van der Waals surface area contributed by atoms with Crippen LogP contribution in [-0.4, -0.2) is 28.3 Å². The maximum atomic E-state index is 13.8. The summed E-state index contributed by atoms with van der Waals surface area (Å²) < 4.78 is 27.0. The number of nitrogens with one attached hydrogen (secondary N) is 1. The van der Waals surface area contributed by atoms with Crippen LogP contribution in [0.15, 0.2) is 18.2 Å². The summed E-state index contributed by atoms with van der Waals surface area (Å²) in [6, 6.07) is 2.75. The van der Waals surface area contributed by atoms with Crippen LogP contribution in [-0.2, 0) is 16.1 Å². The molecular formula is C15H18F2N2O2. The third-order valence-corrected chi connectivity index (χ3v) is 3.61. The van der Waals surface area contributed by atoms with Crippen LogP contribution in [0.4, 0.5) is 8.78 Å². The van der Waals surface area contributed by atoms with Gasteiger partial charge in [-0.3, -0.25) is 9.59 Å². The van der Waals surface area contributed by atoms with Gasteiger partial charge in [0.25, 0.3) is 0 Å². The lowest BCUT2D eigenvalue weighted by atomic mass is 10.0. The van der Waals surface area contributed by atoms with Gasteiger partial charge in [-0.05, 0) is 39.0 Å². The smallest absolute Gasteiger partial charge is 0.248 e. The predicted octanol–water partition coefficient (Wildman–Crippen LogP) is 1.98.